The summed E-state index contributed by atoms with van der Waals surface area (Å²) in [7, 11) is 0. The SMILES string of the molecule is CCN(CC)CCCNC1CCSC1C. The van der Waals surface area contributed by atoms with Crippen LogP contribution in [0.15, 0.2) is 0 Å². The molecule has 0 aromatic carbocycles. The van der Waals surface area contributed by atoms with E-state index >= 15 is 0 Å². The largest absolute Gasteiger partial charge is 0.313 e. The number of nitrogens with one attached hydrogen (secondary N) is 1. The fraction of sp³-hybridized carbons (Fsp3) is 1.00. The second kappa shape index (κ2) is 7.53. The number of rotatable bonds is 7. The van der Waals surface area contributed by atoms with E-state index in [0.717, 1.165) is 11.3 Å². The minimum Gasteiger partial charge on any atom is -0.313 e. The third-order valence-electron chi connectivity index (χ3n) is 3.33. The van der Waals surface area contributed by atoms with E-state index in [0.29, 0.717) is 0 Å². The van der Waals surface area contributed by atoms with Gasteiger partial charge in [-0.3, -0.25) is 0 Å². The van der Waals surface area contributed by atoms with Gasteiger partial charge in [0, 0.05) is 11.3 Å². The molecule has 0 aromatic rings. The average molecular weight is 230 g/mol. The Bertz CT molecular complexity index is 160. The number of thioether (sulfide) groups is 1. The molecule has 0 aromatic heterocycles. The van der Waals surface area contributed by atoms with Gasteiger partial charge in [0.15, 0.2) is 0 Å². The zero-order chi connectivity index (χ0) is 11.1. The molecule has 15 heavy (non-hydrogen) atoms. The number of hydrogen-bond donors (Lipinski definition) is 1. The molecule has 1 aliphatic rings. The van der Waals surface area contributed by atoms with Crippen molar-refractivity contribution in [3.63, 3.8) is 0 Å². The Morgan fingerprint density at radius 3 is 2.60 bits per heavy atom. The first-order valence-electron chi connectivity index (χ1n) is 6.35. The molecule has 1 heterocycles. The first-order valence-corrected chi connectivity index (χ1v) is 7.40. The predicted octanol–water partition coefficient (Wildman–Crippen LogP) is 2.20. The molecule has 2 nitrogen and oxygen atoms in total. The van der Waals surface area contributed by atoms with Crippen LogP contribution in [0, 0.1) is 0 Å². The van der Waals surface area contributed by atoms with Crippen LogP contribution in [-0.4, -0.2) is 48.1 Å². The maximum Gasteiger partial charge on any atom is 0.0191 e. The monoisotopic (exact) mass is 230 g/mol. The molecule has 2 atom stereocenters. The van der Waals surface area contributed by atoms with E-state index in [-0.39, 0.29) is 0 Å². The summed E-state index contributed by atoms with van der Waals surface area (Å²) in [6.07, 6.45) is 2.65. The van der Waals surface area contributed by atoms with E-state index < -0.39 is 0 Å². The first kappa shape index (κ1) is 13.3. The summed E-state index contributed by atoms with van der Waals surface area (Å²) in [5, 5.41) is 4.51. The van der Waals surface area contributed by atoms with Gasteiger partial charge in [-0.1, -0.05) is 20.8 Å². The predicted molar refractivity (Wildman–Crippen MR) is 70.7 cm³/mol. The fourth-order valence-corrected chi connectivity index (χ4v) is 3.36. The van der Waals surface area contributed by atoms with Crippen LogP contribution in [0.3, 0.4) is 0 Å². The van der Waals surface area contributed by atoms with Gasteiger partial charge in [-0.05, 0) is 44.8 Å². The van der Waals surface area contributed by atoms with Gasteiger partial charge < -0.3 is 10.2 Å². The Kier molecular flexibility index (Phi) is 6.69. The molecule has 0 saturated carbocycles. The summed E-state index contributed by atoms with van der Waals surface area (Å²) in [5.41, 5.74) is 0. The molecule has 2 unspecified atom stereocenters. The molecule has 0 amide bonds. The molecule has 1 fully saturated rings. The zero-order valence-electron chi connectivity index (χ0n) is 10.5. The Labute approximate surface area is 99.2 Å². The molecule has 1 N–H and O–H groups in total. The van der Waals surface area contributed by atoms with Gasteiger partial charge in [0.25, 0.3) is 0 Å². The van der Waals surface area contributed by atoms with Gasteiger partial charge in [-0.25, -0.2) is 0 Å². The van der Waals surface area contributed by atoms with Crippen LogP contribution in [0.5, 0.6) is 0 Å². The molecule has 1 saturated heterocycles. The second-order valence-corrected chi connectivity index (χ2v) is 5.79. The van der Waals surface area contributed by atoms with Crippen molar-refractivity contribution in [1.29, 1.82) is 0 Å². The minimum absolute atomic E-state index is 0.770. The van der Waals surface area contributed by atoms with Crippen molar-refractivity contribution in [2.24, 2.45) is 0 Å². The molecule has 0 aliphatic carbocycles. The molecular formula is C12H26N2S. The lowest BCUT2D eigenvalue weighted by atomic mass is 10.1. The van der Waals surface area contributed by atoms with Gasteiger partial charge >= 0.3 is 0 Å². The lowest BCUT2D eigenvalue weighted by molar-refractivity contribution is 0.295. The molecule has 0 radical (unpaired) electrons. The molecule has 0 spiro atoms. The van der Waals surface area contributed by atoms with Gasteiger partial charge in [0.1, 0.15) is 0 Å². The van der Waals surface area contributed by atoms with Crippen LogP contribution in [0.4, 0.5) is 0 Å². The minimum atomic E-state index is 0.770. The lowest BCUT2D eigenvalue weighted by Crippen LogP contribution is -2.35. The average Bonchev–Trinajstić information content (AvgIpc) is 2.65. The molecule has 3 heteroatoms. The third-order valence-corrected chi connectivity index (χ3v) is 4.65. The van der Waals surface area contributed by atoms with Crippen molar-refractivity contribution in [2.45, 2.75) is 44.9 Å². The highest BCUT2D eigenvalue weighted by atomic mass is 32.2. The normalized spacial score (nSPS) is 26.4. The highest BCUT2D eigenvalue weighted by Gasteiger charge is 2.22. The van der Waals surface area contributed by atoms with E-state index in [9.17, 15) is 0 Å². The number of hydrogen-bond acceptors (Lipinski definition) is 3. The molecule has 90 valence electrons. The van der Waals surface area contributed by atoms with Crippen LogP contribution < -0.4 is 5.32 Å². The van der Waals surface area contributed by atoms with E-state index in [1.54, 1.807) is 0 Å². The summed E-state index contributed by atoms with van der Waals surface area (Å²) < 4.78 is 0. The van der Waals surface area contributed by atoms with Crippen molar-refractivity contribution in [2.75, 3.05) is 31.9 Å². The van der Waals surface area contributed by atoms with Crippen molar-refractivity contribution in [3.8, 4) is 0 Å². The van der Waals surface area contributed by atoms with Gasteiger partial charge in [0.2, 0.25) is 0 Å². The van der Waals surface area contributed by atoms with Crippen LogP contribution in [0.2, 0.25) is 0 Å². The van der Waals surface area contributed by atoms with Crippen LogP contribution in [-0.2, 0) is 0 Å². The zero-order valence-corrected chi connectivity index (χ0v) is 11.3. The van der Waals surface area contributed by atoms with E-state index in [2.05, 4.69) is 42.7 Å². The van der Waals surface area contributed by atoms with E-state index in [1.807, 2.05) is 0 Å². The van der Waals surface area contributed by atoms with Crippen LogP contribution in [0.25, 0.3) is 0 Å². The second-order valence-electron chi connectivity index (χ2n) is 4.31. The van der Waals surface area contributed by atoms with Gasteiger partial charge in [-0.15, -0.1) is 0 Å². The third kappa shape index (κ3) is 4.75. The topological polar surface area (TPSA) is 15.3 Å². The summed E-state index contributed by atoms with van der Waals surface area (Å²) in [6.45, 7) is 11.6. The number of nitrogens with zero attached hydrogens (tertiary/aromatic N) is 1. The summed E-state index contributed by atoms with van der Waals surface area (Å²) in [4.78, 5) is 2.49. The fourth-order valence-electron chi connectivity index (χ4n) is 2.13. The van der Waals surface area contributed by atoms with E-state index in [1.165, 1.54) is 44.8 Å². The summed E-state index contributed by atoms with van der Waals surface area (Å²) in [6, 6.07) is 0.770. The quantitative estimate of drug-likeness (QED) is 0.675. The van der Waals surface area contributed by atoms with Crippen molar-refractivity contribution in [1.82, 2.24) is 10.2 Å². The van der Waals surface area contributed by atoms with E-state index in [4.69, 9.17) is 0 Å². The Morgan fingerprint density at radius 2 is 2.07 bits per heavy atom. The van der Waals surface area contributed by atoms with Crippen molar-refractivity contribution < 1.29 is 0 Å². The highest BCUT2D eigenvalue weighted by molar-refractivity contribution is 8.00. The Balaban J connectivity index is 2.01. The molecule has 1 rings (SSSR count). The van der Waals surface area contributed by atoms with Crippen LogP contribution >= 0.6 is 11.8 Å². The van der Waals surface area contributed by atoms with Gasteiger partial charge in [0.05, 0.1) is 0 Å². The maximum atomic E-state index is 3.69. The Morgan fingerprint density at radius 1 is 1.33 bits per heavy atom. The molecule has 1 aliphatic heterocycles. The summed E-state index contributed by atoms with van der Waals surface area (Å²) >= 11 is 2.11. The Hall–Kier alpha value is 0.270. The van der Waals surface area contributed by atoms with Gasteiger partial charge in [-0.2, -0.15) is 11.8 Å². The first-order chi connectivity index (χ1) is 7.27. The maximum absolute atomic E-state index is 3.69. The lowest BCUT2D eigenvalue weighted by Gasteiger charge is -2.20. The van der Waals surface area contributed by atoms with Crippen molar-refractivity contribution in [3.05, 3.63) is 0 Å². The summed E-state index contributed by atoms with van der Waals surface area (Å²) in [5.74, 6) is 1.34. The van der Waals surface area contributed by atoms with Crippen LogP contribution in [0.1, 0.15) is 33.6 Å². The van der Waals surface area contributed by atoms with Crippen molar-refractivity contribution >= 4 is 11.8 Å². The molecular weight excluding hydrogens is 204 g/mol. The highest BCUT2D eigenvalue weighted by Crippen LogP contribution is 2.25. The standard InChI is InChI=1S/C12H26N2S/c1-4-14(5-2)9-6-8-13-12-7-10-15-11(12)3/h11-13H,4-10H2,1-3H3. The molecule has 0 bridgehead atoms. The smallest absolute Gasteiger partial charge is 0.0191 e.